The first-order valence-electron chi connectivity index (χ1n) is 13.3. The van der Waals surface area contributed by atoms with Gasteiger partial charge in [-0.1, -0.05) is 63.6 Å². The van der Waals surface area contributed by atoms with E-state index in [1.165, 1.54) is 0 Å². The van der Waals surface area contributed by atoms with E-state index >= 15 is 0 Å². The van der Waals surface area contributed by atoms with Crippen LogP contribution in [0, 0.1) is 0 Å². The van der Waals surface area contributed by atoms with Crippen LogP contribution >= 0.6 is 0 Å². The maximum absolute atomic E-state index is 13.2. The summed E-state index contributed by atoms with van der Waals surface area (Å²) in [4.78, 5) is 38.7. The number of nitrogens with two attached hydrogens (primary N) is 1. The van der Waals surface area contributed by atoms with Crippen molar-refractivity contribution in [3.8, 4) is 0 Å². The molecule has 202 valence electrons. The van der Waals surface area contributed by atoms with E-state index in [9.17, 15) is 14.4 Å². The summed E-state index contributed by atoms with van der Waals surface area (Å²) in [6.45, 7) is 7.02. The largest absolute Gasteiger partial charge is 0.397 e. The molecule has 4 N–H and O–H groups in total. The van der Waals surface area contributed by atoms with Crippen molar-refractivity contribution < 1.29 is 9.59 Å². The standard InChI is InChI=1S/C32H36N4O3/c1-32(2,3)22-16-18-23(19-17-22)34-31(39)25-21-36(28-14-9-6-11-24(28)30(25)38)20-10-4-5-15-29(37)35-27-13-8-7-12-26(27)33/h6-9,11-14,16-19,21H,4-5,10,15,20,33H2,1-3H3,(H,34,39)(H,35,37). The molecule has 7 nitrogen and oxygen atoms in total. The molecule has 1 aromatic heterocycles. The van der Waals surface area contributed by atoms with Gasteiger partial charge in [-0.05, 0) is 60.2 Å². The van der Waals surface area contributed by atoms with Crippen LogP contribution in [0.5, 0.6) is 0 Å². The van der Waals surface area contributed by atoms with Crippen LogP contribution in [0.1, 0.15) is 62.4 Å². The third kappa shape index (κ3) is 6.93. The van der Waals surface area contributed by atoms with Crippen molar-refractivity contribution >= 4 is 39.8 Å². The topological polar surface area (TPSA) is 106 Å². The van der Waals surface area contributed by atoms with Crippen molar-refractivity contribution in [3.63, 3.8) is 0 Å². The number of pyridine rings is 1. The summed E-state index contributed by atoms with van der Waals surface area (Å²) in [6.07, 6.45) is 4.37. The normalized spacial score (nSPS) is 11.4. The second-order valence-electron chi connectivity index (χ2n) is 10.8. The third-order valence-corrected chi connectivity index (χ3v) is 6.78. The van der Waals surface area contributed by atoms with Gasteiger partial charge in [0.05, 0.1) is 16.9 Å². The molecule has 0 bridgehead atoms. The van der Waals surface area contributed by atoms with Gasteiger partial charge in [-0.25, -0.2) is 0 Å². The van der Waals surface area contributed by atoms with Gasteiger partial charge in [0.1, 0.15) is 5.56 Å². The van der Waals surface area contributed by atoms with Gasteiger partial charge in [0.2, 0.25) is 11.3 Å². The minimum Gasteiger partial charge on any atom is -0.397 e. The van der Waals surface area contributed by atoms with Gasteiger partial charge >= 0.3 is 0 Å². The van der Waals surface area contributed by atoms with Crippen LogP contribution in [-0.4, -0.2) is 16.4 Å². The van der Waals surface area contributed by atoms with Crippen LogP contribution in [0.4, 0.5) is 17.1 Å². The average Bonchev–Trinajstić information content (AvgIpc) is 2.91. The number of aryl methyl sites for hydroxylation is 1. The second-order valence-corrected chi connectivity index (χ2v) is 10.8. The third-order valence-electron chi connectivity index (χ3n) is 6.78. The lowest BCUT2D eigenvalue weighted by Crippen LogP contribution is -2.24. The molecular formula is C32H36N4O3. The van der Waals surface area contributed by atoms with E-state index in [1.54, 1.807) is 30.5 Å². The van der Waals surface area contributed by atoms with Crippen molar-refractivity contribution in [2.75, 3.05) is 16.4 Å². The number of unbranched alkanes of at least 4 members (excludes halogenated alkanes) is 2. The fourth-order valence-corrected chi connectivity index (χ4v) is 4.51. The summed E-state index contributed by atoms with van der Waals surface area (Å²) in [5, 5.41) is 6.24. The number of carbonyl (C=O) groups is 2. The van der Waals surface area contributed by atoms with Crippen LogP contribution < -0.4 is 21.8 Å². The van der Waals surface area contributed by atoms with E-state index in [2.05, 4.69) is 31.4 Å². The Balaban J connectivity index is 1.41. The Bertz CT molecular complexity index is 1530. The number of nitrogens with one attached hydrogen (secondary N) is 2. The number of aromatic nitrogens is 1. The SMILES string of the molecule is CC(C)(C)c1ccc(NC(=O)c2cn(CCCCCC(=O)Nc3ccccc3N)c3ccccc3c2=O)cc1. The van der Waals surface area contributed by atoms with Crippen molar-refractivity contribution in [3.05, 3.63) is 100 Å². The predicted octanol–water partition coefficient (Wildman–Crippen LogP) is 6.33. The van der Waals surface area contributed by atoms with Crippen LogP contribution in [0.25, 0.3) is 10.9 Å². The first-order chi connectivity index (χ1) is 18.6. The van der Waals surface area contributed by atoms with Crippen molar-refractivity contribution in [1.29, 1.82) is 0 Å². The number of para-hydroxylation sites is 3. The Morgan fingerprint density at radius 1 is 0.846 bits per heavy atom. The van der Waals surface area contributed by atoms with Gasteiger partial charge in [-0.15, -0.1) is 0 Å². The zero-order valence-electron chi connectivity index (χ0n) is 22.8. The number of carbonyl (C=O) groups excluding carboxylic acids is 2. The number of nitrogens with zero attached hydrogens (tertiary/aromatic N) is 1. The Kier molecular flexibility index (Phi) is 8.49. The Morgan fingerprint density at radius 3 is 2.26 bits per heavy atom. The zero-order chi connectivity index (χ0) is 28.0. The predicted molar refractivity (Wildman–Crippen MR) is 159 cm³/mol. The summed E-state index contributed by atoms with van der Waals surface area (Å²) in [5.74, 6) is -0.504. The van der Waals surface area contributed by atoms with Crippen LogP contribution in [-0.2, 0) is 16.8 Å². The molecule has 0 saturated carbocycles. The molecule has 4 aromatic rings. The molecule has 2 amide bonds. The highest BCUT2D eigenvalue weighted by molar-refractivity contribution is 6.05. The molecule has 0 aliphatic heterocycles. The van der Waals surface area contributed by atoms with Crippen LogP contribution in [0.15, 0.2) is 83.8 Å². The molecule has 0 aliphatic rings. The molecule has 0 spiro atoms. The maximum Gasteiger partial charge on any atom is 0.261 e. The van der Waals surface area contributed by atoms with Gasteiger partial charge in [0, 0.05) is 30.2 Å². The van der Waals surface area contributed by atoms with E-state index in [-0.39, 0.29) is 22.3 Å². The number of rotatable bonds is 9. The molecule has 0 radical (unpaired) electrons. The van der Waals surface area contributed by atoms with E-state index in [1.807, 2.05) is 53.1 Å². The quantitative estimate of drug-likeness (QED) is 0.176. The fraction of sp³-hybridized carbons (Fsp3) is 0.281. The lowest BCUT2D eigenvalue weighted by molar-refractivity contribution is -0.116. The smallest absolute Gasteiger partial charge is 0.261 e. The van der Waals surface area contributed by atoms with E-state index in [4.69, 9.17) is 5.73 Å². The van der Waals surface area contributed by atoms with Crippen molar-refractivity contribution in [2.24, 2.45) is 0 Å². The Labute approximate surface area is 229 Å². The Morgan fingerprint density at radius 2 is 1.54 bits per heavy atom. The fourth-order valence-electron chi connectivity index (χ4n) is 4.51. The average molecular weight is 525 g/mol. The molecular weight excluding hydrogens is 488 g/mol. The minimum atomic E-state index is -0.431. The van der Waals surface area contributed by atoms with E-state index < -0.39 is 5.91 Å². The molecule has 0 saturated heterocycles. The molecule has 7 heteroatoms. The van der Waals surface area contributed by atoms with Crippen molar-refractivity contribution in [2.45, 2.75) is 58.4 Å². The maximum atomic E-state index is 13.2. The van der Waals surface area contributed by atoms with Gasteiger partial charge in [-0.2, -0.15) is 0 Å². The summed E-state index contributed by atoms with van der Waals surface area (Å²) < 4.78 is 1.96. The summed E-state index contributed by atoms with van der Waals surface area (Å²) in [5.41, 5.74) is 9.47. The van der Waals surface area contributed by atoms with Gasteiger partial charge in [0.25, 0.3) is 5.91 Å². The molecule has 4 rings (SSSR count). The summed E-state index contributed by atoms with van der Waals surface area (Å²) in [6, 6.07) is 22.2. The molecule has 0 unspecified atom stereocenters. The Hall–Kier alpha value is -4.39. The van der Waals surface area contributed by atoms with Gasteiger partial charge in [-0.3, -0.25) is 14.4 Å². The molecule has 0 aliphatic carbocycles. The molecule has 3 aromatic carbocycles. The highest BCUT2D eigenvalue weighted by Crippen LogP contribution is 2.24. The molecule has 0 atom stereocenters. The first-order valence-corrected chi connectivity index (χ1v) is 13.3. The number of hydrogen-bond acceptors (Lipinski definition) is 4. The minimum absolute atomic E-state index is 0.00824. The summed E-state index contributed by atoms with van der Waals surface area (Å²) in [7, 11) is 0. The van der Waals surface area contributed by atoms with Crippen molar-refractivity contribution in [1.82, 2.24) is 4.57 Å². The summed E-state index contributed by atoms with van der Waals surface area (Å²) >= 11 is 0. The number of benzene rings is 3. The number of nitrogen functional groups attached to an aromatic ring is 1. The van der Waals surface area contributed by atoms with Gasteiger partial charge < -0.3 is 20.9 Å². The first kappa shape index (κ1) is 27.6. The monoisotopic (exact) mass is 524 g/mol. The molecule has 39 heavy (non-hydrogen) atoms. The number of amides is 2. The van der Waals surface area contributed by atoms with Crippen LogP contribution in [0.3, 0.4) is 0 Å². The van der Waals surface area contributed by atoms with E-state index in [0.29, 0.717) is 41.8 Å². The lowest BCUT2D eigenvalue weighted by Gasteiger charge is -2.19. The van der Waals surface area contributed by atoms with Crippen LogP contribution in [0.2, 0.25) is 0 Å². The highest BCUT2D eigenvalue weighted by atomic mass is 16.2. The molecule has 1 heterocycles. The second kappa shape index (κ2) is 12.0. The lowest BCUT2D eigenvalue weighted by atomic mass is 9.87. The number of fused-ring (bicyclic) bond motifs is 1. The number of hydrogen-bond donors (Lipinski definition) is 3. The highest BCUT2D eigenvalue weighted by Gasteiger charge is 2.17. The van der Waals surface area contributed by atoms with Gasteiger partial charge in [0.15, 0.2) is 0 Å². The van der Waals surface area contributed by atoms with E-state index in [0.717, 1.165) is 23.9 Å². The number of anilines is 3. The molecule has 0 fully saturated rings. The zero-order valence-corrected chi connectivity index (χ0v) is 22.8.